The van der Waals surface area contributed by atoms with Crippen molar-refractivity contribution < 1.29 is 13.2 Å². The highest BCUT2D eigenvalue weighted by Crippen LogP contribution is 2.25. The smallest absolute Gasteiger partial charge is 0.244 e. The Morgan fingerprint density at radius 2 is 2.33 bits per heavy atom. The Morgan fingerprint density at radius 1 is 1.61 bits per heavy atom. The van der Waals surface area contributed by atoms with Crippen LogP contribution in [0.5, 0.6) is 0 Å². The summed E-state index contributed by atoms with van der Waals surface area (Å²) in [6, 6.07) is 1.32. The first kappa shape index (κ1) is 13.5. The van der Waals surface area contributed by atoms with Crippen LogP contribution < -0.4 is 5.73 Å². The molecule has 0 saturated carbocycles. The van der Waals surface area contributed by atoms with Gasteiger partial charge in [0.25, 0.3) is 0 Å². The summed E-state index contributed by atoms with van der Waals surface area (Å²) in [7, 11) is -2.00. The number of hydrogen-bond donors (Lipinski definition) is 1. The molecule has 1 aromatic rings. The van der Waals surface area contributed by atoms with Gasteiger partial charge in [0.05, 0.1) is 11.1 Å². The van der Waals surface area contributed by atoms with E-state index in [1.54, 1.807) is 7.11 Å². The van der Waals surface area contributed by atoms with Gasteiger partial charge in [-0.2, -0.15) is 4.31 Å². The number of hydrogen-bond acceptors (Lipinski definition) is 5. The van der Waals surface area contributed by atoms with Gasteiger partial charge in [-0.1, -0.05) is 11.6 Å². The summed E-state index contributed by atoms with van der Waals surface area (Å²) < 4.78 is 31.1. The number of sulfonamides is 1. The van der Waals surface area contributed by atoms with Crippen molar-refractivity contribution in [3.63, 3.8) is 0 Å². The van der Waals surface area contributed by atoms with E-state index in [-0.39, 0.29) is 21.8 Å². The van der Waals surface area contributed by atoms with E-state index < -0.39 is 10.0 Å². The van der Waals surface area contributed by atoms with Crippen LogP contribution in [0.4, 0.5) is 5.82 Å². The van der Waals surface area contributed by atoms with Crippen molar-refractivity contribution in [3.8, 4) is 0 Å². The number of rotatable bonds is 3. The molecule has 1 aliphatic rings. The average molecular weight is 292 g/mol. The van der Waals surface area contributed by atoms with Gasteiger partial charge >= 0.3 is 0 Å². The van der Waals surface area contributed by atoms with Crippen LogP contribution in [0.3, 0.4) is 0 Å². The largest absolute Gasteiger partial charge is 0.382 e. The zero-order valence-electron chi connectivity index (χ0n) is 9.84. The summed E-state index contributed by atoms with van der Waals surface area (Å²) in [5.74, 6) is 0.117. The summed E-state index contributed by atoms with van der Waals surface area (Å²) in [5, 5.41) is 0.138. The standard InChI is InChI=1S/C10H14ClN3O3S/c1-17-7-2-3-14(6-7)18(15,16)8-4-9(11)10(12)13-5-8/h4-5,7H,2-3,6H2,1H3,(H2,12,13). The van der Waals surface area contributed by atoms with Crippen molar-refractivity contribution in [2.24, 2.45) is 0 Å². The SMILES string of the molecule is COC1CCN(S(=O)(=O)c2cnc(N)c(Cl)c2)C1. The third kappa shape index (κ3) is 2.44. The molecule has 0 amide bonds. The molecule has 1 aliphatic heterocycles. The van der Waals surface area contributed by atoms with E-state index in [9.17, 15) is 8.42 Å². The second-order valence-electron chi connectivity index (χ2n) is 4.05. The normalized spacial score (nSPS) is 21.3. The Labute approximate surface area is 111 Å². The van der Waals surface area contributed by atoms with Gasteiger partial charge in [0.15, 0.2) is 0 Å². The zero-order chi connectivity index (χ0) is 13.3. The molecule has 2 N–H and O–H groups in total. The van der Waals surface area contributed by atoms with E-state index >= 15 is 0 Å². The minimum Gasteiger partial charge on any atom is -0.382 e. The van der Waals surface area contributed by atoms with Gasteiger partial charge in [0, 0.05) is 26.4 Å². The molecule has 0 bridgehead atoms. The lowest BCUT2D eigenvalue weighted by Crippen LogP contribution is -2.30. The lowest BCUT2D eigenvalue weighted by Gasteiger charge is -2.16. The molecule has 18 heavy (non-hydrogen) atoms. The number of pyridine rings is 1. The average Bonchev–Trinajstić information content (AvgIpc) is 2.81. The maximum absolute atomic E-state index is 12.3. The van der Waals surface area contributed by atoms with Crippen molar-refractivity contribution in [2.45, 2.75) is 17.4 Å². The summed E-state index contributed by atoms with van der Waals surface area (Å²) in [5.41, 5.74) is 5.46. The van der Waals surface area contributed by atoms with Crippen LogP contribution >= 0.6 is 11.6 Å². The van der Waals surface area contributed by atoms with Gasteiger partial charge < -0.3 is 10.5 Å². The molecule has 1 unspecified atom stereocenters. The Balaban J connectivity index is 2.28. The molecule has 1 atom stereocenters. The maximum atomic E-state index is 12.3. The number of ether oxygens (including phenoxy) is 1. The Hall–Kier alpha value is -0.890. The van der Waals surface area contributed by atoms with Gasteiger partial charge in [-0.15, -0.1) is 0 Å². The van der Waals surface area contributed by atoms with Gasteiger partial charge in [0.2, 0.25) is 10.0 Å². The molecule has 0 aromatic carbocycles. The predicted octanol–water partition coefficient (Wildman–Crippen LogP) is 0.727. The van der Waals surface area contributed by atoms with E-state index in [4.69, 9.17) is 22.1 Å². The molecule has 1 aromatic heterocycles. The van der Waals surface area contributed by atoms with Crippen LogP contribution in [0.25, 0.3) is 0 Å². The second kappa shape index (κ2) is 5.00. The second-order valence-corrected chi connectivity index (χ2v) is 6.39. The Morgan fingerprint density at radius 3 is 2.89 bits per heavy atom. The van der Waals surface area contributed by atoms with E-state index in [2.05, 4.69) is 4.98 Å². The number of nitrogens with two attached hydrogens (primary N) is 1. The number of nitrogen functional groups attached to an aromatic ring is 1. The fourth-order valence-corrected chi connectivity index (χ4v) is 3.52. The molecule has 0 spiro atoms. The van der Waals surface area contributed by atoms with Gasteiger partial charge in [-0.05, 0) is 12.5 Å². The van der Waals surface area contributed by atoms with Crippen molar-refractivity contribution in [3.05, 3.63) is 17.3 Å². The minimum absolute atomic E-state index is 0.0541. The minimum atomic E-state index is -3.57. The van der Waals surface area contributed by atoms with Crippen LogP contribution in [-0.2, 0) is 14.8 Å². The highest BCUT2D eigenvalue weighted by molar-refractivity contribution is 7.89. The molecule has 1 fully saturated rings. The fraction of sp³-hybridized carbons (Fsp3) is 0.500. The summed E-state index contributed by atoms with van der Waals surface area (Å²) in [6.07, 6.45) is 1.85. The van der Waals surface area contributed by atoms with Crippen molar-refractivity contribution in [2.75, 3.05) is 25.9 Å². The molecule has 6 nitrogen and oxygen atoms in total. The van der Waals surface area contributed by atoms with E-state index in [1.165, 1.54) is 16.6 Å². The van der Waals surface area contributed by atoms with Crippen molar-refractivity contribution in [1.82, 2.24) is 9.29 Å². The predicted molar refractivity (Wildman–Crippen MR) is 67.8 cm³/mol. The first-order valence-corrected chi connectivity index (χ1v) is 7.21. The van der Waals surface area contributed by atoms with E-state index in [0.717, 1.165) is 0 Å². The monoisotopic (exact) mass is 291 g/mol. The van der Waals surface area contributed by atoms with Gasteiger partial charge in [0.1, 0.15) is 10.7 Å². The number of nitrogens with zero attached hydrogens (tertiary/aromatic N) is 2. The van der Waals surface area contributed by atoms with Crippen LogP contribution in [0, 0.1) is 0 Å². The van der Waals surface area contributed by atoms with Crippen LogP contribution in [-0.4, -0.2) is 44.0 Å². The molecule has 2 rings (SSSR count). The molecule has 0 radical (unpaired) electrons. The lowest BCUT2D eigenvalue weighted by molar-refractivity contribution is 0.115. The highest BCUT2D eigenvalue weighted by Gasteiger charge is 2.33. The molecule has 1 saturated heterocycles. The number of anilines is 1. The topological polar surface area (TPSA) is 85.5 Å². The summed E-state index contributed by atoms with van der Waals surface area (Å²) >= 11 is 5.79. The Kier molecular flexibility index (Phi) is 3.76. The molecule has 8 heteroatoms. The third-order valence-corrected chi connectivity index (χ3v) is 5.06. The number of halogens is 1. The number of aromatic nitrogens is 1. The quantitative estimate of drug-likeness (QED) is 0.887. The van der Waals surface area contributed by atoms with Crippen LogP contribution in [0.1, 0.15) is 6.42 Å². The molecule has 2 heterocycles. The van der Waals surface area contributed by atoms with E-state index in [0.29, 0.717) is 19.5 Å². The highest BCUT2D eigenvalue weighted by atomic mass is 35.5. The van der Waals surface area contributed by atoms with Gasteiger partial charge in [-0.3, -0.25) is 0 Å². The zero-order valence-corrected chi connectivity index (χ0v) is 11.4. The van der Waals surface area contributed by atoms with Crippen LogP contribution in [0.2, 0.25) is 5.02 Å². The first-order chi connectivity index (χ1) is 8.45. The summed E-state index contributed by atoms with van der Waals surface area (Å²) in [4.78, 5) is 3.82. The lowest BCUT2D eigenvalue weighted by atomic mass is 10.3. The Bertz CT molecular complexity index is 549. The molecule has 0 aliphatic carbocycles. The molecule has 100 valence electrons. The van der Waals surface area contributed by atoms with Gasteiger partial charge in [-0.25, -0.2) is 13.4 Å². The van der Waals surface area contributed by atoms with Crippen molar-refractivity contribution in [1.29, 1.82) is 0 Å². The van der Waals surface area contributed by atoms with E-state index in [1.807, 2.05) is 0 Å². The summed E-state index contributed by atoms with van der Waals surface area (Å²) in [6.45, 7) is 0.781. The fourth-order valence-electron chi connectivity index (χ4n) is 1.83. The molecular weight excluding hydrogens is 278 g/mol. The molecular formula is C10H14ClN3O3S. The number of methoxy groups -OCH3 is 1. The maximum Gasteiger partial charge on any atom is 0.244 e. The van der Waals surface area contributed by atoms with Crippen molar-refractivity contribution >= 4 is 27.4 Å². The third-order valence-electron chi connectivity index (χ3n) is 2.92. The first-order valence-electron chi connectivity index (χ1n) is 5.39. The van der Waals surface area contributed by atoms with Crippen LogP contribution in [0.15, 0.2) is 17.2 Å².